The van der Waals surface area contributed by atoms with Crippen LogP contribution in [0.25, 0.3) is 0 Å². The van der Waals surface area contributed by atoms with Crippen molar-refractivity contribution in [3.63, 3.8) is 0 Å². The first-order chi connectivity index (χ1) is 5.72. The summed E-state index contributed by atoms with van der Waals surface area (Å²) in [6, 6.07) is 0. The summed E-state index contributed by atoms with van der Waals surface area (Å²) < 4.78 is 0. The topological polar surface area (TPSA) is 40.5 Å². The van der Waals surface area contributed by atoms with Gasteiger partial charge in [0.25, 0.3) is 0 Å². The van der Waals surface area contributed by atoms with E-state index in [0.717, 1.165) is 12.8 Å². The van der Waals surface area contributed by atoms with E-state index in [0.29, 0.717) is 13.1 Å². The van der Waals surface area contributed by atoms with E-state index in [1.165, 1.54) is 4.90 Å². The van der Waals surface area contributed by atoms with Gasteiger partial charge in [-0.1, -0.05) is 12.2 Å². The molecule has 0 heterocycles. The molecule has 0 bridgehead atoms. The van der Waals surface area contributed by atoms with Crippen molar-refractivity contribution in [2.24, 2.45) is 0 Å². The van der Waals surface area contributed by atoms with Crippen LogP contribution >= 0.6 is 0 Å². The Morgan fingerprint density at radius 2 is 2.08 bits per heavy atom. The highest BCUT2D eigenvalue weighted by atomic mass is 16.4. The standard InChI is InChI=1S/C9H15NO2/c1-3-5-6-8-10(7-4-2)9(11)12/h3-4H,1-2,5-8H2,(H,11,12). The first kappa shape index (κ1) is 10.8. The average molecular weight is 169 g/mol. The second-order valence-corrected chi connectivity index (χ2v) is 2.45. The molecule has 68 valence electrons. The molecule has 0 aromatic heterocycles. The van der Waals surface area contributed by atoms with Crippen LogP contribution in [0.4, 0.5) is 4.79 Å². The van der Waals surface area contributed by atoms with Crippen LogP contribution in [0.3, 0.4) is 0 Å². The fraction of sp³-hybridized carbons (Fsp3) is 0.444. The van der Waals surface area contributed by atoms with Crippen LogP contribution in [-0.2, 0) is 0 Å². The van der Waals surface area contributed by atoms with Gasteiger partial charge in [0.05, 0.1) is 0 Å². The van der Waals surface area contributed by atoms with Gasteiger partial charge in [0.2, 0.25) is 0 Å². The van der Waals surface area contributed by atoms with Crippen molar-refractivity contribution in [1.29, 1.82) is 0 Å². The lowest BCUT2D eigenvalue weighted by molar-refractivity contribution is 0.150. The van der Waals surface area contributed by atoms with Crippen molar-refractivity contribution < 1.29 is 9.90 Å². The van der Waals surface area contributed by atoms with E-state index in [-0.39, 0.29) is 0 Å². The number of unbranched alkanes of at least 4 members (excludes halogenated alkanes) is 1. The van der Waals surface area contributed by atoms with Crippen molar-refractivity contribution in [2.45, 2.75) is 12.8 Å². The average Bonchev–Trinajstić information content (AvgIpc) is 2.03. The molecule has 1 N–H and O–H groups in total. The molecule has 3 nitrogen and oxygen atoms in total. The molecule has 0 aliphatic rings. The molecule has 0 aromatic carbocycles. The molecule has 0 radical (unpaired) electrons. The molecule has 0 rings (SSSR count). The van der Waals surface area contributed by atoms with Crippen molar-refractivity contribution in [3.8, 4) is 0 Å². The van der Waals surface area contributed by atoms with Gasteiger partial charge in [0.1, 0.15) is 0 Å². The predicted octanol–water partition coefficient (Wildman–Crippen LogP) is 2.12. The Balaban J connectivity index is 3.70. The lowest BCUT2D eigenvalue weighted by Gasteiger charge is -2.15. The number of allylic oxidation sites excluding steroid dienone is 1. The van der Waals surface area contributed by atoms with Crippen molar-refractivity contribution in [2.75, 3.05) is 13.1 Å². The van der Waals surface area contributed by atoms with E-state index < -0.39 is 6.09 Å². The minimum absolute atomic E-state index is 0.395. The molecular weight excluding hydrogens is 154 g/mol. The lowest BCUT2D eigenvalue weighted by atomic mass is 10.3. The normalized spacial score (nSPS) is 9.00. The van der Waals surface area contributed by atoms with E-state index in [2.05, 4.69) is 13.2 Å². The summed E-state index contributed by atoms with van der Waals surface area (Å²) in [6.45, 7) is 7.99. The van der Waals surface area contributed by atoms with Crippen LogP contribution in [0.15, 0.2) is 25.3 Å². The Labute approximate surface area is 73.0 Å². The van der Waals surface area contributed by atoms with E-state index in [4.69, 9.17) is 5.11 Å². The molecule has 0 spiro atoms. The van der Waals surface area contributed by atoms with Gasteiger partial charge < -0.3 is 10.0 Å². The molecule has 1 amide bonds. The summed E-state index contributed by atoms with van der Waals surface area (Å²) >= 11 is 0. The second kappa shape index (κ2) is 6.46. The molecule has 0 aliphatic heterocycles. The zero-order valence-corrected chi connectivity index (χ0v) is 7.20. The zero-order valence-electron chi connectivity index (χ0n) is 7.20. The summed E-state index contributed by atoms with van der Waals surface area (Å²) in [5, 5.41) is 8.66. The highest BCUT2D eigenvalue weighted by Gasteiger charge is 2.07. The highest BCUT2D eigenvalue weighted by molar-refractivity contribution is 5.65. The maximum absolute atomic E-state index is 10.5. The van der Waals surface area contributed by atoms with E-state index >= 15 is 0 Å². The first-order valence-corrected chi connectivity index (χ1v) is 3.92. The quantitative estimate of drug-likeness (QED) is 0.488. The van der Waals surface area contributed by atoms with E-state index in [1.54, 1.807) is 12.2 Å². The smallest absolute Gasteiger partial charge is 0.407 e. The molecule has 0 unspecified atom stereocenters. The monoisotopic (exact) mass is 169 g/mol. The maximum atomic E-state index is 10.5. The zero-order chi connectivity index (χ0) is 9.40. The van der Waals surface area contributed by atoms with Crippen LogP contribution in [-0.4, -0.2) is 29.2 Å². The summed E-state index contributed by atoms with van der Waals surface area (Å²) in [7, 11) is 0. The number of rotatable bonds is 6. The molecule has 12 heavy (non-hydrogen) atoms. The van der Waals surface area contributed by atoms with Gasteiger partial charge in [0.15, 0.2) is 0 Å². The van der Waals surface area contributed by atoms with Gasteiger partial charge in [-0.3, -0.25) is 0 Å². The van der Waals surface area contributed by atoms with E-state index in [9.17, 15) is 4.79 Å². The van der Waals surface area contributed by atoms with Gasteiger partial charge >= 0.3 is 6.09 Å². The second-order valence-electron chi connectivity index (χ2n) is 2.45. The fourth-order valence-electron chi connectivity index (χ4n) is 0.847. The summed E-state index contributed by atoms with van der Waals surface area (Å²) in [5.74, 6) is 0. The van der Waals surface area contributed by atoms with Gasteiger partial charge in [-0.25, -0.2) is 4.79 Å². The predicted molar refractivity (Wildman–Crippen MR) is 49.2 cm³/mol. The Kier molecular flexibility index (Phi) is 5.79. The minimum Gasteiger partial charge on any atom is -0.465 e. The van der Waals surface area contributed by atoms with Crippen molar-refractivity contribution in [3.05, 3.63) is 25.3 Å². The largest absolute Gasteiger partial charge is 0.465 e. The van der Waals surface area contributed by atoms with Crippen molar-refractivity contribution in [1.82, 2.24) is 4.90 Å². The molecule has 0 atom stereocenters. The molecule has 0 saturated heterocycles. The SMILES string of the molecule is C=CCCCN(CC=C)C(=O)O. The van der Waals surface area contributed by atoms with Crippen LogP contribution < -0.4 is 0 Å². The molecule has 0 saturated carbocycles. The Morgan fingerprint density at radius 3 is 2.50 bits per heavy atom. The minimum atomic E-state index is -0.890. The Morgan fingerprint density at radius 1 is 1.42 bits per heavy atom. The summed E-state index contributed by atoms with van der Waals surface area (Å²) in [4.78, 5) is 11.9. The first-order valence-electron chi connectivity index (χ1n) is 3.92. The fourth-order valence-corrected chi connectivity index (χ4v) is 0.847. The third kappa shape index (κ3) is 4.55. The molecular formula is C9H15NO2. The third-order valence-electron chi connectivity index (χ3n) is 1.46. The van der Waals surface area contributed by atoms with E-state index in [1.807, 2.05) is 0 Å². The van der Waals surface area contributed by atoms with Gasteiger partial charge in [0, 0.05) is 13.1 Å². The Bertz CT molecular complexity index is 166. The maximum Gasteiger partial charge on any atom is 0.407 e. The lowest BCUT2D eigenvalue weighted by Crippen LogP contribution is -2.30. The number of amides is 1. The highest BCUT2D eigenvalue weighted by Crippen LogP contribution is 1.96. The van der Waals surface area contributed by atoms with Crippen LogP contribution in [0, 0.1) is 0 Å². The third-order valence-corrected chi connectivity index (χ3v) is 1.46. The summed E-state index contributed by atoms with van der Waals surface area (Å²) in [5.41, 5.74) is 0. The molecule has 0 fully saturated rings. The number of hydrogen-bond donors (Lipinski definition) is 1. The summed E-state index contributed by atoms with van der Waals surface area (Å²) in [6.07, 6.45) is 4.15. The van der Waals surface area contributed by atoms with Gasteiger partial charge in [-0.05, 0) is 12.8 Å². The van der Waals surface area contributed by atoms with Crippen LogP contribution in [0.2, 0.25) is 0 Å². The number of carbonyl (C=O) groups is 1. The van der Waals surface area contributed by atoms with Gasteiger partial charge in [-0.15, -0.1) is 13.2 Å². The van der Waals surface area contributed by atoms with Crippen LogP contribution in [0.5, 0.6) is 0 Å². The molecule has 0 aliphatic carbocycles. The number of carboxylic acid groups (broad SMARTS) is 1. The number of hydrogen-bond acceptors (Lipinski definition) is 1. The van der Waals surface area contributed by atoms with Crippen LogP contribution in [0.1, 0.15) is 12.8 Å². The molecule has 0 aromatic rings. The molecule has 3 heteroatoms. The Hall–Kier alpha value is -1.25. The van der Waals surface area contributed by atoms with Crippen molar-refractivity contribution >= 4 is 6.09 Å². The van der Waals surface area contributed by atoms with Gasteiger partial charge in [-0.2, -0.15) is 0 Å². The number of nitrogens with zero attached hydrogens (tertiary/aromatic N) is 1.